The molecule has 0 spiro atoms. The van der Waals surface area contributed by atoms with Crippen LogP contribution >= 0.6 is 0 Å². The van der Waals surface area contributed by atoms with Gasteiger partial charge in [-0.15, -0.1) is 0 Å². The van der Waals surface area contributed by atoms with Crippen LogP contribution in [0, 0.1) is 5.92 Å². The number of aromatic nitrogens is 2. The standard InChI is InChI=1S/C22H24N4O2/c1-28-20-9-15-18(10-19(20)27)26-16-7-4-5-14(16)22(15)25-12-13-11-24-21(13)17-6-2-3-8-23-17/h2-3,6,8-10,13,21,24,27H,4-5,7,11-12H2,1H3,(H,25,26)/p+1/t13?,21-/m1/s1. The summed E-state index contributed by atoms with van der Waals surface area (Å²) in [7, 11) is 1.62. The second kappa shape index (κ2) is 6.95. The summed E-state index contributed by atoms with van der Waals surface area (Å²) >= 11 is 0. The van der Waals surface area contributed by atoms with E-state index in [1.807, 2.05) is 30.5 Å². The van der Waals surface area contributed by atoms with Crippen molar-refractivity contribution in [3.63, 3.8) is 0 Å². The van der Waals surface area contributed by atoms with Crippen molar-refractivity contribution in [1.29, 1.82) is 0 Å². The van der Waals surface area contributed by atoms with Crippen LogP contribution in [0.5, 0.6) is 11.5 Å². The number of hydrogen-bond acceptors (Lipinski definition) is 5. The molecule has 3 heterocycles. The Morgan fingerprint density at radius 2 is 2.21 bits per heavy atom. The lowest BCUT2D eigenvalue weighted by Crippen LogP contribution is -2.49. The fraction of sp³-hybridized carbons (Fsp3) is 0.364. The second-order valence-corrected chi connectivity index (χ2v) is 7.62. The number of aryl methyl sites for hydroxylation is 1. The van der Waals surface area contributed by atoms with Gasteiger partial charge in [-0.1, -0.05) is 6.07 Å². The summed E-state index contributed by atoms with van der Waals surface area (Å²) in [5.41, 5.74) is 5.65. The van der Waals surface area contributed by atoms with E-state index in [2.05, 4.69) is 21.7 Å². The fourth-order valence-electron chi connectivity index (χ4n) is 4.39. The lowest BCUT2D eigenvalue weighted by Gasteiger charge is -2.38. The van der Waals surface area contributed by atoms with Gasteiger partial charge in [0.25, 0.3) is 5.75 Å². The summed E-state index contributed by atoms with van der Waals surface area (Å²) in [5.74, 6) is 1.46. The number of rotatable bonds is 5. The Morgan fingerprint density at radius 3 is 2.96 bits per heavy atom. The van der Waals surface area contributed by atoms with E-state index in [0.29, 0.717) is 23.5 Å². The number of nitrogens with zero attached hydrogens (tertiary/aromatic N) is 2. The third-order valence-corrected chi connectivity index (χ3v) is 5.95. The van der Waals surface area contributed by atoms with E-state index in [9.17, 15) is 0 Å². The van der Waals surface area contributed by atoms with Gasteiger partial charge in [0.15, 0.2) is 0 Å². The lowest BCUT2D eigenvalue weighted by atomic mass is 9.88. The molecule has 2 aliphatic rings. The number of fused-ring (bicyclic) bond motifs is 2. The Morgan fingerprint density at radius 1 is 1.29 bits per heavy atom. The minimum atomic E-state index is 0.296. The van der Waals surface area contributed by atoms with Gasteiger partial charge in [-0.2, -0.15) is 0 Å². The van der Waals surface area contributed by atoms with Gasteiger partial charge in [-0.3, -0.25) is 9.97 Å². The predicted octanol–water partition coefficient (Wildman–Crippen LogP) is 2.94. The highest BCUT2D eigenvalue weighted by atomic mass is 16.5. The summed E-state index contributed by atoms with van der Waals surface area (Å²) in [6.07, 6.45) is 5.06. The van der Waals surface area contributed by atoms with Crippen LogP contribution in [0.4, 0.5) is 5.69 Å². The van der Waals surface area contributed by atoms with E-state index in [4.69, 9.17) is 14.8 Å². The quantitative estimate of drug-likeness (QED) is 0.668. The molecule has 28 heavy (non-hydrogen) atoms. The molecule has 1 aromatic carbocycles. The van der Waals surface area contributed by atoms with Crippen LogP contribution in [0.2, 0.25) is 0 Å². The van der Waals surface area contributed by atoms with Crippen molar-refractivity contribution in [2.45, 2.75) is 25.3 Å². The maximum Gasteiger partial charge on any atom is 0.299 e. The largest absolute Gasteiger partial charge is 0.591 e. The normalized spacial score (nSPS) is 20.6. The highest BCUT2D eigenvalue weighted by Crippen LogP contribution is 2.39. The first-order valence-electron chi connectivity index (χ1n) is 9.88. The van der Waals surface area contributed by atoms with Crippen LogP contribution in [-0.4, -0.2) is 35.3 Å². The van der Waals surface area contributed by atoms with E-state index < -0.39 is 0 Å². The number of benzene rings is 1. The smallest absolute Gasteiger partial charge is 0.299 e. The monoisotopic (exact) mass is 377 g/mol. The van der Waals surface area contributed by atoms with Crippen molar-refractivity contribution < 1.29 is 9.84 Å². The van der Waals surface area contributed by atoms with Crippen molar-refractivity contribution >= 4 is 16.6 Å². The van der Waals surface area contributed by atoms with Crippen molar-refractivity contribution in [3.8, 4) is 11.5 Å². The molecule has 1 aliphatic carbocycles. The molecule has 1 saturated heterocycles. The molecule has 0 radical (unpaired) electrons. The maximum atomic E-state index is 8.15. The number of nitrogens with one attached hydrogen (secondary N) is 2. The van der Waals surface area contributed by atoms with Crippen LogP contribution in [0.15, 0.2) is 36.5 Å². The molecular formula is C22H25N4O2+. The third kappa shape index (κ3) is 2.85. The van der Waals surface area contributed by atoms with Crippen LogP contribution in [-0.2, 0) is 12.8 Å². The molecule has 0 amide bonds. The molecule has 0 bridgehead atoms. The number of methoxy groups -OCH3 is 1. The van der Waals surface area contributed by atoms with E-state index in [-0.39, 0.29) is 0 Å². The third-order valence-electron chi connectivity index (χ3n) is 5.95. The van der Waals surface area contributed by atoms with Gasteiger partial charge >= 0.3 is 0 Å². The Bertz CT molecular complexity index is 1020. The number of ether oxygens (including phenoxy) is 1. The van der Waals surface area contributed by atoms with Crippen molar-refractivity contribution in [2.75, 3.05) is 25.5 Å². The van der Waals surface area contributed by atoms with Crippen LogP contribution in [0.25, 0.3) is 10.9 Å². The Balaban J connectivity index is 1.47. The Labute approximate surface area is 164 Å². The van der Waals surface area contributed by atoms with Gasteiger partial charge in [0.1, 0.15) is 0 Å². The molecular weight excluding hydrogens is 352 g/mol. The van der Waals surface area contributed by atoms with Crippen molar-refractivity contribution in [1.82, 2.24) is 15.3 Å². The first-order valence-corrected chi connectivity index (χ1v) is 9.88. The van der Waals surface area contributed by atoms with Crippen molar-refractivity contribution in [2.24, 2.45) is 5.92 Å². The van der Waals surface area contributed by atoms with Crippen LogP contribution in [0.1, 0.15) is 29.4 Å². The summed E-state index contributed by atoms with van der Waals surface area (Å²) in [4.78, 5) is 9.35. The molecule has 6 nitrogen and oxygen atoms in total. The molecule has 1 unspecified atom stereocenters. The number of anilines is 1. The predicted molar refractivity (Wildman–Crippen MR) is 110 cm³/mol. The summed E-state index contributed by atoms with van der Waals surface area (Å²) in [6, 6.07) is 10.2. The number of pyridine rings is 2. The summed E-state index contributed by atoms with van der Waals surface area (Å²) in [6.45, 7) is 1.87. The number of hydrogen-bond donors (Lipinski definition) is 2. The van der Waals surface area contributed by atoms with Gasteiger partial charge < -0.3 is 20.5 Å². The Hall–Kier alpha value is -2.86. The minimum absolute atomic E-state index is 0.296. The molecule has 3 aromatic rings. The van der Waals surface area contributed by atoms with Crippen LogP contribution < -0.4 is 15.4 Å². The van der Waals surface area contributed by atoms with Gasteiger partial charge in [-0.25, -0.2) is 0 Å². The van der Waals surface area contributed by atoms with Gasteiger partial charge in [0.05, 0.1) is 30.4 Å². The summed E-state index contributed by atoms with van der Waals surface area (Å²) in [5, 5.41) is 16.4. The topological polar surface area (TPSA) is 82.0 Å². The van der Waals surface area contributed by atoms with Crippen LogP contribution in [0.3, 0.4) is 0 Å². The van der Waals surface area contributed by atoms with E-state index in [1.54, 1.807) is 7.11 Å². The van der Waals surface area contributed by atoms with E-state index in [1.165, 1.54) is 16.9 Å². The lowest BCUT2D eigenvalue weighted by molar-refractivity contribution is 0.244. The van der Waals surface area contributed by atoms with Gasteiger partial charge in [0, 0.05) is 48.0 Å². The molecule has 2 aromatic heterocycles. The van der Waals surface area contributed by atoms with Gasteiger partial charge in [0.2, 0.25) is 5.75 Å². The average molecular weight is 377 g/mol. The first kappa shape index (κ1) is 17.3. The molecule has 144 valence electrons. The SMILES string of the molecule is COc1cc2c(NCC3CN[C@H]3c3ccccn3)c3c(nc2cc1[OH2+])CCC3. The molecule has 5 rings (SSSR count). The zero-order chi connectivity index (χ0) is 19.1. The molecule has 4 N–H and O–H groups in total. The van der Waals surface area contributed by atoms with E-state index in [0.717, 1.165) is 48.9 Å². The van der Waals surface area contributed by atoms with Gasteiger partial charge in [-0.05, 0) is 37.0 Å². The molecule has 6 heteroatoms. The molecule has 2 atom stereocenters. The Kier molecular flexibility index (Phi) is 4.28. The second-order valence-electron chi connectivity index (χ2n) is 7.62. The highest BCUT2D eigenvalue weighted by molar-refractivity contribution is 5.96. The fourth-order valence-corrected chi connectivity index (χ4v) is 4.39. The molecule has 1 fully saturated rings. The minimum Gasteiger partial charge on any atom is -0.591 e. The molecule has 0 saturated carbocycles. The average Bonchev–Trinajstić information content (AvgIpc) is 3.15. The first-order chi connectivity index (χ1) is 13.7. The highest BCUT2D eigenvalue weighted by Gasteiger charge is 2.33. The summed E-state index contributed by atoms with van der Waals surface area (Å²) < 4.78 is 5.40. The zero-order valence-corrected chi connectivity index (χ0v) is 16.0. The maximum absolute atomic E-state index is 8.15. The zero-order valence-electron chi connectivity index (χ0n) is 16.0. The van der Waals surface area contributed by atoms with Crippen molar-refractivity contribution in [3.05, 3.63) is 53.5 Å². The molecule has 1 aliphatic heterocycles. The van der Waals surface area contributed by atoms with E-state index >= 15 is 0 Å².